The van der Waals surface area contributed by atoms with E-state index in [0.717, 1.165) is 44.6 Å². The molecule has 4 rings (SSSR count). The molecular formula is C24H35N3O. The van der Waals surface area contributed by atoms with Crippen LogP contribution in [0.4, 0.5) is 0 Å². The fraction of sp³-hybridized carbons (Fsp3) is 0.625. The summed E-state index contributed by atoms with van der Waals surface area (Å²) >= 11 is 0. The Kier molecular flexibility index (Phi) is 6.36. The van der Waals surface area contributed by atoms with E-state index in [0.29, 0.717) is 18.5 Å². The average Bonchev–Trinajstić information content (AvgIpc) is 3.07. The highest BCUT2D eigenvalue weighted by Crippen LogP contribution is 2.29. The molecule has 4 nitrogen and oxygen atoms in total. The molecule has 1 aromatic carbocycles. The molecule has 0 spiro atoms. The largest absolute Gasteiger partial charge is 0.353 e. The maximum atomic E-state index is 12.5. The highest BCUT2D eigenvalue weighted by atomic mass is 16.1. The van der Waals surface area contributed by atoms with Crippen molar-refractivity contribution >= 4 is 16.8 Å². The third kappa shape index (κ3) is 4.78. The Labute approximate surface area is 168 Å². The molecule has 1 aromatic heterocycles. The van der Waals surface area contributed by atoms with E-state index in [-0.39, 0.29) is 5.91 Å². The summed E-state index contributed by atoms with van der Waals surface area (Å²) in [6, 6.07) is 9.32. The van der Waals surface area contributed by atoms with Gasteiger partial charge in [0.05, 0.1) is 0 Å². The summed E-state index contributed by atoms with van der Waals surface area (Å²) in [6.45, 7) is 1.12. The van der Waals surface area contributed by atoms with Crippen molar-refractivity contribution in [1.82, 2.24) is 9.88 Å². The number of carbonyl (C=O) groups excluding carboxylic acids is 1. The average molecular weight is 382 g/mol. The third-order valence-corrected chi connectivity index (χ3v) is 6.81. The number of hydrogen-bond acceptors (Lipinski definition) is 2. The Morgan fingerprint density at radius 3 is 2.57 bits per heavy atom. The molecule has 0 radical (unpaired) electrons. The molecule has 152 valence electrons. The van der Waals surface area contributed by atoms with Crippen molar-refractivity contribution in [1.29, 1.82) is 0 Å². The first-order valence-electron chi connectivity index (χ1n) is 11.3. The van der Waals surface area contributed by atoms with Gasteiger partial charge in [-0.05, 0) is 62.5 Å². The van der Waals surface area contributed by atoms with E-state index < -0.39 is 0 Å². The molecule has 1 heterocycles. The van der Waals surface area contributed by atoms with Gasteiger partial charge in [0.2, 0.25) is 5.91 Å². The molecule has 0 aliphatic heterocycles. The Hall–Kier alpha value is -1.81. The fourth-order valence-electron chi connectivity index (χ4n) is 5.13. The summed E-state index contributed by atoms with van der Waals surface area (Å²) in [7, 11) is 0. The zero-order chi connectivity index (χ0) is 19.3. The summed E-state index contributed by atoms with van der Waals surface area (Å²) < 4.78 is 2.45. The van der Waals surface area contributed by atoms with Crippen LogP contribution in [0.25, 0.3) is 10.9 Å². The molecule has 0 unspecified atom stereocenters. The number of benzene rings is 1. The quantitative estimate of drug-likeness (QED) is 0.772. The van der Waals surface area contributed by atoms with E-state index in [1.54, 1.807) is 0 Å². The third-order valence-electron chi connectivity index (χ3n) is 6.81. The van der Waals surface area contributed by atoms with Gasteiger partial charge in [-0.2, -0.15) is 0 Å². The number of nitrogens with zero attached hydrogens (tertiary/aromatic N) is 1. The number of nitrogens with one attached hydrogen (secondary N) is 1. The summed E-state index contributed by atoms with van der Waals surface area (Å²) in [4.78, 5) is 12.5. The van der Waals surface area contributed by atoms with Gasteiger partial charge in [-0.15, -0.1) is 0 Å². The van der Waals surface area contributed by atoms with Crippen molar-refractivity contribution in [2.45, 2.75) is 89.3 Å². The number of nitrogens with two attached hydrogens (primary N) is 1. The van der Waals surface area contributed by atoms with Crippen LogP contribution in [0.1, 0.15) is 69.8 Å². The number of hydrogen-bond donors (Lipinski definition) is 2. The minimum Gasteiger partial charge on any atom is -0.353 e. The van der Waals surface area contributed by atoms with E-state index in [2.05, 4.69) is 40.3 Å². The predicted molar refractivity (Wildman–Crippen MR) is 115 cm³/mol. The summed E-state index contributed by atoms with van der Waals surface area (Å²) in [5, 5.41) is 4.54. The van der Waals surface area contributed by atoms with E-state index in [1.165, 1.54) is 48.6 Å². The van der Waals surface area contributed by atoms with Crippen molar-refractivity contribution in [3.8, 4) is 0 Å². The number of rotatable bonds is 6. The van der Waals surface area contributed by atoms with Crippen LogP contribution in [-0.2, 0) is 17.8 Å². The normalized spacial score (nSPS) is 23.8. The minimum absolute atomic E-state index is 0.185. The van der Waals surface area contributed by atoms with Crippen molar-refractivity contribution < 1.29 is 4.79 Å². The molecule has 28 heavy (non-hydrogen) atoms. The SMILES string of the molecule is N[C@H]1CC[C@H](NC(=O)CCc2cn(CC3CCCCC3)c3ccccc23)CC1. The minimum atomic E-state index is 0.185. The van der Waals surface area contributed by atoms with Gasteiger partial charge in [0, 0.05) is 42.1 Å². The van der Waals surface area contributed by atoms with E-state index >= 15 is 0 Å². The molecule has 0 saturated heterocycles. The summed E-state index contributed by atoms with van der Waals surface area (Å²) in [6.07, 6.45) is 14.7. The fourth-order valence-corrected chi connectivity index (χ4v) is 5.13. The lowest BCUT2D eigenvalue weighted by atomic mass is 9.89. The van der Waals surface area contributed by atoms with Gasteiger partial charge in [0.1, 0.15) is 0 Å². The molecule has 2 aliphatic rings. The van der Waals surface area contributed by atoms with Gasteiger partial charge in [-0.25, -0.2) is 0 Å². The highest BCUT2D eigenvalue weighted by molar-refractivity contribution is 5.85. The second kappa shape index (κ2) is 9.13. The standard InChI is InChI=1S/C24H35N3O/c25-20-11-13-21(14-12-20)26-24(28)15-10-19-17-27(16-18-6-2-1-3-7-18)23-9-5-4-8-22(19)23/h4-5,8-9,17-18,20-21H,1-3,6-7,10-16,25H2,(H,26,28)/t20-,21-. The summed E-state index contributed by atoms with van der Waals surface area (Å²) in [5.41, 5.74) is 8.61. The first-order valence-corrected chi connectivity index (χ1v) is 11.3. The van der Waals surface area contributed by atoms with Crippen LogP contribution in [0.3, 0.4) is 0 Å². The number of aryl methyl sites for hydroxylation is 1. The maximum Gasteiger partial charge on any atom is 0.220 e. The molecule has 2 saturated carbocycles. The molecule has 2 aliphatic carbocycles. The second-order valence-electron chi connectivity index (χ2n) is 9.01. The van der Waals surface area contributed by atoms with E-state index in [1.807, 2.05) is 0 Å². The lowest BCUT2D eigenvalue weighted by molar-refractivity contribution is -0.122. The predicted octanol–water partition coefficient (Wildman–Crippen LogP) is 4.54. The van der Waals surface area contributed by atoms with Gasteiger partial charge in [-0.3, -0.25) is 4.79 Å². The van der Waals surface area contributed by atoms with Crippen LogP contribution in [0.15, 0.2) is 30.5 Å². The Morgan fingerprint density at radius 2 is 1.79 bits per heavy atom. The Balaban J connectivity index is 1.38. The number of para-hydroxylation sites is 1. The van der Waals surface area contributed by atoms with Gasteiger partial charge in [-0.1, -0.05) is 37.5 Å². The van der Waals surface area contributed by atoms with Crippen molar-refractivity contribution in [2.24, 2.45) is 11.7 Å². The van der Waals surface area contributed by atoms with Crippen LogP contribution in [-0.4, -0.2) is 22.6 Å². The van der Waals surface area contributed by atoms with Crippen LogP contribution in [0.2, 0.25) is 0 Å². The second-order valence-corrected chi connectivity index (χ2v) is 9.01. The smallest absolute Gasteiger partial charge is 0.220 e. The zero-order valence-corrected chi connectivity index (χ0v) is 17.0. The molecule has 4 heteroatoms. The lowest BCUT2D eigenvalue weighted by Gasteiger charge is -2.26. The first kappa shape index (κ1) is 19.5. The van der Waals surface area contributed by atoms with Gasteiger partial charge >= 0.3 is 0 Å². The molecule has 3 N–H and O–H groups in total. The maximum absolute atomic E-state index is 12.5. The zero-order valence-electron chi connectivity index (χ0n) is 17.0. The van der Waals surface area contributed by atoms with Crippen molar-refractivity contribution in [3.63, 3.8) is 0 Å². The Bertz CT molecular complexity index is 782. The summed E-state index contributed by atoms with van der Waals surface area (Å²) in [5.74, 6) is 0.989. The number of aromatic nitrogens is 1. The molecule has 0 atom stereocenters. The van der Waals surface area contributed by atoms with Gasteiger partial charge < -0.3 is 15.6 Å². The molecule has 2 fully saturated rings. The molecule has 2 aromatic rings. The lowest BCUT2D eigenvalue weighted by Crippen LogP contribution is -2.40. The van der Waals surface area contributed by atoms with Crippen LogP contribution in [0.5, 0.6) is 0 Å². The van der Waals surface area contributed by atoms with Gasteiger partial charge in [0.15, 0.2) is 0 Å². The first-order chi connectivity index (χ1) is 13.7. The van der Waals surface area contributed by atoms with Crippen molar-refractivity contribution in [3.05, 3.63) is 36.0 Å². The van der Waals surface area contributed by atoms with Crippen LogP contribution >= 0.6 is 0 Å². The van der Waals surface area contributed by atoms with Gasteiger partial charge in [0.25, 0.3) is 0 Å². The molecule has 1 amide bonds. The molecular weight excluding hydrogens is 346 g/mol. The monoisotopic (exact) mass is 381 g/mol. The van der Waals surface area contributed by atoms with Crippen LogP contribution in [0, 0.1) is 5.92 Å². The van der Waals surface area contributed by atoms with Crippen LogP contribution < -0.4 is 11.1 Å². The topological polar surface area (TPSA) is 60.0 Å². The van der Waals surface area contributed by atoms with E-state index in [4.69, 9.17) is 5.73 Å². The molecule has 0 bridgehead atoms. The van der Waals surface area contributed by atoms with E-state index in [9.17, 15) is 4.79 Å². The van der Waals surface area contributed by atoms with Crippen molar-refractivity contribution in [2.75, 3.05) is 0 Å². The number of carbonyl (C=O) groups is 1. The highest BCUT2D eigenvalue weighted by Gasteiger charge is 2.20. The number of amides is 1. The number of fused-ring (bicyclic) bond motifs is 1. The Morgan fingerprint density at radius 1 is 1.04 bits per heavy atom.